The largest absolute Gasteiger partial charge is 0.481 e. The summed E-state index contributed by atoms with van der Waals surface area (Å²) in [6.07, 6.45) is 6.98. The van der Waals surface area contributed by atoms with Crippen molar-refractivity contribution in [3.05, 3.63) is 21.9 Å². The van der Waals surface area contributed by atoms with Crippen molar-refractivity contribution in [1.82, 2.24) is 5.32 Å². The van der Waals surface area contributed by atoms with Gasteiger partial charge in [-0.25, -0.2) is 0 Å². The molecule has 0 aliphatic heterocycles. The molecule has 2 rings (SSSR count). The van der Waals surface area contributed by atoms with E-state index in [0.29, 0.717) is 6.04 Å². The van der Waals surface area contributed by atoms with E-state index in [0.717, 1.165) is 17.3 Å². The lowest BCUT2D eigenvalue weighted by Gasteiger charge is -2.28. The van der Waals surface area contributed by atoms with Gasteiger partial charge in [0.1, 0.15) is 0 Å². The van der Waals surface area contributed by atoms with Crippen molar-refractivity contribution in [3.8, 4) is 0 Å². The third-order valence-electron chi connectivity index (χ3n) is 4.00. The Labute approximate surface area is 119 Å². The molecule has 106 valence electrons. The summed E-state index contributed by atoms with van der Waals surface area (Å²) in [5.41, 5.74) is 0. The highest BCUT2D eigenvalue weighted by Gasteiger charge is 2.19. The Bertz CT molecular complexity index is 410. The highest BCUT2D eigenvalue weighted by Crippen LogP contribution is 2.26. The van der Waals surface area contributed by atoms with Crippen LogP contribution in [0.4, 0.5) is 0 Å². The van der Waals surface area contributed by atoms with Gasteiger partial charge in [-0.15, -0.1) is 11.3 Å². The van der Waals surface area contributed by atoms with E-state index in [1.807, 2.05) is 12.1 Å². The first-order valence-corrected chi connectivity index (χ1v) is 7.99. The van der Waals surface area contributed by atoms with Crippen molar-refractivity contribution < 1.29 is 9.90 Å². The summed E-state index contributed by atoms with van der Waals surface area (Å²) >= 11 is 1.61. The molecule has 3 nitrogen and oxygen atoms in total. The number of hydrogen-bond donors (Lipinski definition) is 2. The van der Waals surface area contributed by atoms with Crippen molar-refractivity contribution in [2.45, 2.75) is 58.0 Å². The normalized spacial score (nSPS) is 18.4. The number of thiophene rings is 1. The molecule has 0 amide bonds. The van der Waals surface area contributed by atoms with Gasteiger partial charge in [0, 0.05) is 22.3 Å². The zero-order valence-corrected chi connectivity index (χ0v) is 12.3. The molecule has 0 bridgehead atoms. The van der Waals surface area contributed by atoms with Crippen LogP contribution in [0.5, 0.6) is 0 Å². The molecule has 0 aromatic carbocycles. The lowest BCUT2D eigenvalue weighted by atomic mass is 9.84. The SMILES string of the molecule is C[C@H](NCc1ccc(CC(=O)O)s1)C1CCCCC1. The van der Waals surface area contributed by atoms with Gasteiger partial charge in [-0.2, -0.15) is 0 Å². The molecule has 0 spiro atoms. The molecule has 1 aliphatic carbocycles. The van der Waals surface area contributed by atoms with Gasteiger partial charge in [-0.3, -0.25) is 4.79 Å². The third-order valence-corrected chi connectivity index (χ3v) is 5.08. The van der Waals surface area contributed by atoms with Crippen LogP contribution in [0, 0.1) is 5.92 Å². The van der Waals surface area contributed by atoms with E-state index in [4.69, 9.17) is 5.11 Å². The summed E-state index contributed by atoms with van der Waals surface area (Å²) in [5, 5.41) is 12.4. The van der Waals surface area contributed by atoms with Crippen molar-refractivity contribution >= 4 is 17.3 Å². The lowest BCUT2D eigenvalue weighted by molar-refractivity contribution is -0.136. The first-order chi connectivity index (χ1) is 9.15. The zero-order valence-electron chi connectivity index (χ0n) is 11.5. The van der Waals surface area contributed by atoms with Crippen LogP contribution in [0.2, 0.25) is 0 Å². The minimum Gasteiger partial charge on any atom is -0.481 e. The second-order valence-electron chi connectivity index (χ2n) is 5.51. The van der Waals surface area contributed by atoms with Crippen LogP contribution in [-0.4, -0.2) is 17.1 Å². The van der Waals surface area contributed by atoms with E-state index in [9.17, 15) is 4.79 Å². The summed E-state index contributed by atoms with van der Waals surface area (Å²) in [6, 6.07) is 4.54. The van der Waals surface area contributed by atoms with E-state index in [1.54, 1.807) is 11.3 Å². The maximum atomic E-state index is 10.6. The predicted octanol–water partition coefficient (Wildman–Crippen LogP) is 3.43. The number of nitrogens with one attached hydrogen (secondary N) is 1. The number of carboxylic acids is 1. The van der Waals surface area contributed by atoms with E-state index >= 15 is 0 Å². The van der Waals surface area contributed by atoms with Crippen molar-refractivity contribution in [2.24, 2.45) is 5.92 Å². The average Bonchev–Trinajstić information content (AvgIpc) is 2.84. The number of hydrogen-bond acceptors (Lipinski definition) is 3. The van der Waals surface area contributed by atoms with E-state index < -0.39 is 5.97 Å². The number of aliphatic carboxylic acids is 1. The Balaban J connectivity index is 1.77. The van der Waals surface area contributed by atoms with Crippen LogP contribution in [0.3, 0.4) is 0 Å². The zero-order chi connectivity index (χ0) is 13.7. The molecule has 1 aromatic heterocycles. The van der Waals surface area contributed by atoms with Crippen LogP contribution in [-0.2, 0) is 17.8 Å². The maximum Gasteiger partial charge on any atom is 0.308 e. The van der Waals surface area contributed by atoms with Crippen molar-refractivity contribution in [3.63, 3.8) is 0 Å². The molecule has 1 fully saturated rings. The van der Waals surface area contributed by atoms with Crippen molar-refractivity contribution in [2.75, 3.05) is 0 Å². The van der Waals surface area contributed by atoms with Gasteiger partial charge in [0.15, 0.2) is 0 Å². The van der Waals surface area contributed by atoms with E-state index in [2.05, 4.69) is 12.2 Å². The monoisotopic (exact) mass is 281 g/mol. The van der Waals surface area contributed by atoms with Gasteiger partial charge in [0.05, 0.1) is 6.42 Å². The Morgan fingerprint density at radius 3 is 2.74 bits per heavy atom. The molecule has 1 heterocycles. The van der Waals surface area contributed by atoms with Crippen LogP contribution >= 0.6 is 11.3 Å². The maximum absolute atomic E-state index is 10.6. The molecule has 1 aliphatic rings. The van der Waals surface area contributed by atoms with Crippen LogP contribution < -0.4 is 5.32 Å². The summed E-state index contributed by atoms with van der Waals surface area (Å²) in [7, 11) is 0. The lowest BCUT2D eigenvalue weighted by Crippen LogP contribution is -2.33. The average molecular weight is 281 g/mol. The van der Waals surface area contributed by atoms with Gasteiger partial charge in [0.25, 0.3) is 0 Å². The molecule has 1 atom stereocenters. The molecule has 1 saturated carbocycles. The second-order valence-corrected chi connectivity index (χ2v) is 6.76. The predicted molar refractivity (Wildman–Crippen MR) is 78.5 cm³/mol. The van der Waals surface area contributed by atoms with Gasteiger partial charge in [0.2, 0.25) is 0 Å². The van der Waals surface area contributed by atoms with Gasteiger partial charge < -0.3 is 10.4 Å². The Morgan fingerprint density at radius 1 is 1.37 bits per heavy atom. The molecular formula is C15H23NO2S. The first kappa shape index (κ1) is 14.5. The van der Waals surface area contributed by atoms with Gasteiger partial charge in [-0.05, 0) is 37.8 Å². The fourth-order valence-electron chi connectivity index (χ4n) is 2.82. The van der Waals surface area contributed by atoms with Crippen LogP contribution in [0.1, 0.15) is 48.8 Å². The van der Waals surface area contributed by atoms with Crippen molar-refractivity contribution in [1.29, 1.82) is 0 Å². The minimum atomic E-state index is -0.753. The molecule has 1 aromatic rings. The van der Waals surface area contributed by atoms with Gasteiger partial charge >= 0.3 is 5.97 Å². The summed E-state index contributed by atoms with van der Waals surface area (Å²) < 4.78 is 0. The van der Waals surface area contributed by atoms with Gasteiger partial charge in [-0.1, -0.05) is 19.3 Å². The fourth-order valence-corrected chi connectivity index (χ4v) is 3.78. The molecular weight excluding hydrogens is 258 g/mol. The van der Waals surface area contributed by atoms with Crippen LogP contribution in [0.25, 0.3) is 0 Å². The highest BCUT2D eigenvalue weighted by molar-refractivity contribution is 7.12. The summed E-state index contributed by atoms with van der Waals surface area (Å²) in [6.45, 7) is 3.14. The first-order valence-electron chi connectivity index (χ1n) is 7.18. The number of carboxylic acid groups (broad SMARTS) is 1. The van der Waals surface area contributed by atoms with E-state index in [-0.39, 0.29) is 6.42 Å². The number of carbonyl (C=O) groups is 1. The molecule has 2 N–H and O–H groups in total. The Hall–Kier alpha value is -0.870. The minimum absolute atomic E-state index is 0.142. The molecule has 0 saturated heterocycles. The number of rotatable bonds is 6. The third kappa shape index (κ3) is 4.62. The summed E-state index contributed by atoms with van der Waals surface area (Å²) in [4.78, 5) is 12.8. The highest BCUT2D eigenvalue weighted by atomic mass is 32.1. The van der Waals surface area contributed by atoms with Crippen LogP contribution in [0.15, 0.2) is 12.1 Å². The summed E-state index contributed by atoms with van der Waals surface area (Å²) in [5.74, 6) is 0.0594. The fraction of sp³-hybridized carbons (Fsp3) is 0.667. The Kier molecular flexibility index (Phi) is 5.40. The quantitative estimate of drug-likeness (QED) is 0.840. The molecule has 0 radical (unpaired) electrons. The molecule has 4 heteroatoms. The topological polar surface area (TPSA) is 49.3 Å². The molecule has 0 unspecified atom stereocenters. The smallest absolute Gasteiger partial charge is 0.308 e. The molecule has 19 heavy (non-hydrogen) atoms. The van der Waals surface area contributed by atoms with E-state index in [1.165, 1.54) is 37.0 Å². The Morgan fingerprint density at radius 2 is 2.05 bits per heavy atom. The second kappa shape index (κ2) is 7.06. The standard InChI is InChI=1S/C15H23NO2S/c1-11(12-5-3-2-4-6-12)16-10-14-8-7-13(19-14)9-15(17)18/h7-8,11-12,16H,2-6,9-10H2,1H3,(H,17,18)/t11-/m0/s1.